The smallest absolute Gasteiger partial charge is 0.194 e. The monoisotopic (exact) mass is 172 g/mol. The van der Waals surface area contributed by atoms with Crippen LogP contribution >= 0.6 is 27.5 Å². The van der Waals surface area contributed by atoms with E-state index in [2.05, 4.69) is 15.9 Å². The van der Waals surface area contributed by atoms with E-state index >= 15 is 0 Å². The Labute approximate surface area is 50.4 Å². The van der Waals surface area contributed by atoms with Crippen LogP contribution in [0.1, 0.15) is 13.3 Å². The van der Waals surface area contributed by atoms with E-state index in [1.807, 2.05) is 0 Å². The van der Waals surface area contributed by atoms with E-state index < -0.39 is 3.97 Å². The summed E-state index contributed by atoms with van der Waals surface area (Å²) in [7, 11) is 0. The van der Waals surface area contributed by atoms with Gasteiger partial charge in [0.1, 0.15) is 0 Å². The molecule has 0 radical (unpaired) electrons. The first-order chi connectivity index (χ1) is 2.56. The molecule has 0 amide bonds. The fourth-order valence-electron chi connectivity index (χ4n) is 0. The Kier molecular flexibility index (Phi) is 2.41. The Balaban J connectivity index is 3.17. The van der Waals surface area contributed by atoms with Gasteiger partial charge in [-0.2, -0.15) is 0 Å². The second-order valence-corrected chi connectivity index (χ2v) is 3.41. The van der Waals surface area contributed by atoms with Gasteiger partial charge < -0.3 is 5.11 Å². The molecule has 0 bridgehead atoms. The van der Waals surface area contributed by atoms with Crippen LogP contribution in [-0.2, 0) is 0 Å². The molecule has 1 nitrogen and oxygen atoms in total. The molecular formula is C3H6BrClO. The van der Waals surface area contributed by atoms with Crippen LogP contribution in [0.2, 0.25) is 0 Å². The maximum absolute atomic E-state index is 8.51. The summed E-state index contributed by atoms with van der Waals surface area (Å²) < 4.78 is -1.17. The number of aliphatic hydroxyl groups is 1. The number of halogens is 2. The Morgan fingerprint density at radius 1 is 2.00 bits per heavy atom. The van der Waals surface area contributed by atoms with Crippen LogP contribution < -0.4 is 0 Å². The van der Waals surface area contributed by atoms with Crippen LogP contribution in [0.25, 0.3) is 0 Å². The first kappa shape index (κ1) is 6.73. The van der Waals surface area contributed by atoms with Crippen LogP contribution in [0.15, 0.2) is 0 Å². The highest BCUT2D eigenvalue weighted by Crippen LogP contribution is 2.22. The van der Waals surface area contributed by atoms with Gasteiger partial charge in [-0.1, -0.05) is 18.5 Å². The van der Waals surface area contributed by atoms with E-state index in [4.69, 9.17) is 16.7 Å². The molecule has 0 aliphatic carbocycles. The third-order valence-corrected chi connectivity index (χ3v) is 1.25. The van der Waals surface area contributed by atoms with E-state index in [-0.39, 0.29) is 0 Å². The van der Waals surface area contributed by atoms with Gasteiger partial charge in [-0.15, -0.1) is 0 Å². The lowest BCUT2D eigenvalue weighted by atomic mass is 10.5. The summed E-state index contributed by atoms with van der Waals surface area (Å²) in [5.74, 6) is 0. The molecule has 0 aromatic carbocycles. The summed E-state index contributed by atoms with van der Waals surface area (Å²) >= 11 is 7.99. The lowest BCUT2D eigenvalue weighted by Crippen LogP contribution is -2.05. The standard InChI is InChI=1S/C3H6BrClO/c1-2-3(4,5)6/h6H,2H2,1H3. The van der Waals surface area contributed by atoms with Gasteiger partial charge in [-0.05, 0) is 22.4 Å². The number of hydrogen-bond acceptors (Lipinski definition) is 1. The molecule has 38 valence electrons. The minimum absolute atomic E-state index is 0.508. The van der Waals surface area contributed by atoms with Crippen molar-refractivity contribution in [2.24, 2.45) is 0 Å². The van der Waals surface area contributed by atoms with Crippen molar-refractivity contribution in [2.45, 2.75) is 17.3 Å². The van der Waals surface area contributed by atoms with Crippen molar-refractivity contribution in [3.63, 3.8) is 0 Å². The predicted molar refractivity (Wildman–Crippen MR) is 30.0 cm³/mol. The molecule has 1 unspecified atom stereocenters. The van der Waals surface area contributed by atoms with E-state index in [0.717, 1.165) is 0 Å². The van der Waals surface area contributed by atoms with Crippen LogP contribution in [0.3, 0.4) is 0 Å². The van der Waals surface area contributed by atoms with Crippen molar-refractivity contribution in [3.8, 4) is 0 Å². The van der Waals surface area contributed by atoms with Gasteiger partial charge in [-0.25, -0.2) is 0 Å². The highest BCUT2D eigenvalue weighted by Gasteiger charge is 2.12. The molecule has 3 heteroatoms. The van der Waals surface area contributed by atoms with Crippen molar-refractivity contribution in [1.82, 2.24) is 0 Å². The van der Waals surface area contributed by atoms with Gasteiger partial charge >= 0.3 is 0 Å². The summed E-state index contributed by atoms with van der Waals surface area (Å²) in [6.45, 7) is 1.78. The third kappa shape index (κ3) is 4.73. The molecule has 1 N–H and O–H groups in total. The normalized spacial score (nSPS) is 20.0. The zero-order valence-corrected chi connectivity index (χ0v) is 5.75. The molecular weight excluding hydrogens is 167 g/mol. The molecule has 0 aliphatic rings. The fraction of sp³-hybridized carbons (Fsp3) is 1.00. The minimum Gasteiger partial charge on any atom is -0.366 e. The zero-order chi connectivity index (χ0) is 5.21. The van der Waals surface area contributed by atoms with Crippen molar-refractivity contribution in [3.05, 3.63) is 0 Å². The Morgan fingerprint density at radius 3 is 2.17 bits per heavy atom. The predicted octanol–water partition coefficient (Wildman–Crippen LogP) is 1.68. The molecule has 0 heterocycles. The topological polar surface area (TPSA) is 20.2 Å². The first-order valence-electron chi connectivity index (χ1n) is 1.66. The van der Waals surface area contributed by atoms with Crippen LogP contribution in [0, 0.1) is 0 Å². The first-order valence-corrected chi connectivity index (χ1v) is 2.83. The lowest BCUT2D eigenvalue weighted by Gasteiger charge is -2.05. The molecule has 0 aromatic rings. The van der Waals surface area contributed by atoms with Crippen molar-refractivity contribution >= 4 is 27.5 Å². The number of hydrogen-bond donors (Lipinski definition) is 1. The van der Waals surface area contributed by atoms with Crippen LogP contribution in [0.4, 0.5) is 0 Å². The summed E-state index contributed by atoms with van der Waals surface area (Å²) in [4.78, 5) is 0. The highest BCUT2D eigenvalue weighted by molar-refractivity contribution is 9.10. The molecule has 0 saturated heterocycles. The van der Waals surface area contributed by atoms with Gasteiger partial charge in [0.2, 0.25) is 0 Å². The van der Waals surface area contributed by atoms with Gasteiger partial charge in [-0.3, -0.25) is 0 Å². The van der Waals surface area contributed by atoms with E-state index in [1.165, 1.54) is 0 Å². The molecule has 0 spiro atoms. The largest absolute Gasteiger partial charge is 0.366 e. The molecule has 0 fully saturated rings. The Morgan fingerprint density at radius 2 is 2.17 bits per heavy atom. The van der Waals surface area contributed by atoms with Gasteiger partial charge in [0.25, 0.3) is 0 Å². The number of alkyl halides is 2. The van der Waals surface area contributed by atoms with E-state index in [0.29, 0.717) is 6.42 Å². The van der Waals surface area contributed by atoms with Crippen molar-refractivity contribution in [2.75, 3.05) is 0 Å². The summed E-state index contributed by atoms with van der Waals surface area (Å²) in [6.07, 6.45) is 0.508. The van der Waals surface area contributed by atoms with Crippen molar-refractivity contribution < 1.29 is 5.11 Å². The summed E-state index contributed by atoms with van der Waals surface area (Å²) in [5.41, 5.74) is 0. The van der Waals surface area contributed by atoms with E-state index in [1.54, 1.807) is 6.92 Å². The lowest BCUT2D eigenvalue weighted by molar-refractivity contribution is 0.226. The maximum Gasteiger partial charge on any atom is 0.194 e. The van der Waals surface area contributed by atoms with Crippen molar-refractivity contribution in [1.29, 1.82) is 0 Å². The maximum atomic E-state index is 8.51. The minimum atomic E-state index is -1.17. The van der Waals surface area contributed by atoms with Gasteiger partial charge in [0.05, 0.1) is 0 Å². The molecule has 6 heavy (non-hydrogen) atoms. The average molecular weight is 173 g/mol. The number of rotatable bonds is 1. The third-order valence-electron chi connectivity index (χ3n) is 0.425. The molecule has 0 aromatic heterocycles. The average Bonchev–Trinajstić information content (AvgIpc) is 1.35. The molecule has 1 atom stereocenters. The summed E-state index contributed by atoms with van der Waals surface area (Å²) in [5, 5.41) is 8.51. The zero-order valence-electron chi connectivity index (χ0n) is 3.41. The van der Waals surface area contributed by atoms with Gasteiger partial charge in [0, 0.05) is 0 Å². The highest BCUT2D eigenvalue weighted by atomic mass is 79.9. The molecule has 0 saturated carbocycles. The fourth-order valence-corrected chi connectivity index (χ4v) is 0. The SMILES string of the molecule is CCC(O)(Cl)Br. The quantitative estimate of drug-likeness (QED) is 0.598. The summed E-state index contributed by atoms with van der Waals surface area (Å²) in [6, 6.07) is 0. The molecule has 0 rings (SSSR count). The van der Waals surface area contributed by atoms with Gasteiger partial charge in [0.15, 0.2) is 3.97 Å². The second kappa shape index (κ2) is 2.15. The van der Waals surface area contributed by atoms with Crippen LogP contribution in [-0.4, -0.2) is 9.08 Å². The molecule has 0 aliphatic heterocycles. The Bertz CT molecular complexity index is 40.5. The van der Waals surface area contributed by atoms with E-state index in [9.17, 15) is 0 Å². The Hall–Kier alpha value is 0.730. The second-order valence-electron chi connectivity index (χ2n) is 1.02. The van der Waals surface area contributed by atoms with Crippen LogP contribution in [0.5, 0.6) is 0 Å².